The zero-order valence-corrected chi connectivity index (χ0v) is 16.2. The van der Waals surface area contributed by atoms with E-state index in [9.17, 15) is 4.79 Å². The summed E-state index contributed by atoms with van der Waals surface area (Å²) in [6.07, 6.45) is 5.59. The van der Waals surface area contributed by atoms with Gasteiger partial charge in [-0.05, 0) is 18.9 Å². The van der Waals surface area contributed by atoms with Gasteiger partial charge in [0.15, 0.2) is 0 Å². The number of carbonyl (C=O) groups excluding carboxylic acids is 1. The monoisotopic (exact) mass is 363 g/mol. The number of hydrogen-bond acceptors (Lipinski definition) is 4. The highest BCUT2D eigenvalue weighted by Crippen LogP contribution is 2.29. The van der Waals surface area contributed by atoms with Crippen molar-refractivity contribution in [3.05, 3.63) is 16.8 Å². The number of carbonyl (C=O) groups is 1. The zero-order valence-electron chi connectivity index (χ0n) is 15.5. The van der Waals surface area contributed by atoms with Gasteiger partial charge in [0.1, 0.15) is 23.8 Å². The first-order valence-corrected chi connectivity index (χ1v) is 9.71. The minimum absolute atomic E-state index is 0.101. The summed E-state index contributed by atoms with van der Waals surface area (Å²) in [6.45, 7) is 7.78. The predicted octanol–water partition coefficient (Wildman–Crippen LogP) is 4.20. The van der Waals surface area contributed by atoms with Crippen LogP contribution >= 0.6 is 11.6 Å². The Hall–Kier alpha value is -1.43. The van der Waals surface area contributed by atoms with Crippen LogP contribution < -0.4 is 16.0 Å². The molecule has 1 aromatic rings. The van der Waals surface area contributed by atoms with Crippen molar-refractivity contribution < 1.29 is 4.79 Å². The Morgan fingerprint density at radius 2 is 2.08 bits per heavy atom. The zero-order chi connectivity index (χ0) is 18.2. The van der Waals surface area contributed by atoms with Crippen LogP contribution in [0.3, 0.4) is 0 Å². The molecule has 1 radical (unpaired) electrons. The van der Waals surface area contributed by atoms with Crippen molar-refractivity contribution in [3.63, 3.8) is 0 Å². The van der Waals surface area contributed by atoms with Gasteiger partial charge in [-0.3, -0.25) is 4.79 Å². The molecule has 1 aliphatic heterocycles. The molecule has 2 rings (SSSR count). The Labute approximate surface area is 156 Å². The van der Waals surface area contributed by atoms with Gasteiger partial charge >= 0.3 is 0 Å². The lowest BCUT2D eigenvalue weighted by Crippen LogP contribution is -2.27. The molecule has 25 heavy (non-hydrogen) atoms. The number of halogens is 1. The van der Waals surface area contributed by atoms with Gasteiger partial charge in [-0.2, -0.15) is 0 Å². The first-order chi connectivity index (χ1) is 12.0. The van der Waals surface area contributed by atoms with Crippen LogP contribution in [0.15, 0.2) is 6.07 Å². The fraction of sp³-hybridized carbons (Fsp3) is 0.667. The van der Waals surface area contributed by atoms with E-state index in [1.54, 1.807) is 6.07 Å². The fourth-order valence-electron chi connectivity index (χ4n) is 3.14. The van der Waals surface area contributed by atoms with E-state index in [-0.39, 0.29) is 5.91 Å². The highest BCUT2D eigenvalue weighted by Gasteiger charge is 2.23. The lowest BCUT2D eigenvalue weighted by molar-refractivity contribution is 0.0958. The normalized spacial score (nSPS) is 16.1. The van der Waals surface area contributed by atoms with Crippen molar-refractivity contribution in [2.75, 3.05) is 23.7 Å². The molecule has 0 aromatic carbocycles. The second-order valence-electron chi connectivity index (χ2n) is 6.77. The molecule has 0 aliphatic carbocycles. The Morgan fingerprint density at radius 3 is 2.80 bits per heavy atom. The Balaban J connectivity index is 2.15. The van der Waals surface area contributed by atoms with Crippen LogP contribution in [0.5, 0.6) is 0 Å². The number of nitrogens with zero attached hydrogens (tertiary/aromatic N) is 1. The molecular formula is C18H29BClN4O. The van der Waals surface area contributed by atoms with Crippen LogP contribution in [0.2, 0.25) is 17.8 Å². The van der Waals surface area contributed by atoms with Crippen LogP contribution in [0.1, 0.15) is 56.3 Å². The summed E-state index contributed by atoms with van der Waals surface area (Å²) in [5.41, 5.74) is 1.34. The average molecular weight is 364 g/mol. The average Bonchev–Trinajstić information content (AvgIpc) is 2.76. The van der Waals surface area contributed by atoms with Crippen molar-refractivity contribution in [2.45, 2.75) is 64.6 Å². The quantitative estimate of drug-likeness (QED) is 0.454. The smallest absolute Gasteiger partial charge is 0.257 e. The number of aromatic nitrogens is 1. The van der Waals surface area contributed by atoms with Crippen molar-refractivity contribution >= 4 is 36.3 Å². The third-order valence-corrected chi connectivity index (χ3v) is 4.89. The van der Waals surface area contributed by atoms with Gasteiger partial charge in [-0.25, -0.2) is 4.98 Å². The molecule has 0 saturated carbocycles. The van der Waals surface area contributed by atoms with E-state index in [0.29, 0.717) is 41.5 Å². The number of hydrogen-bond donors (Lipinski definition) is 3. The Morgan fingerprint density at radius 1 is 1.32 bits per heavy atom. The number of amides is 1. The lowest BCUT2D eigenvalue weighted by atomic mass is 9.66. The summed E-state index contributed by atoms with van der Waals surface area (Å²) in [5.74, 6) is 1.11. The van der Waals surface area contributed by atoms with Crippen molar-refractivity contribution in [1.29, 1.82) is 0 Å². The molecule has 3 N–H and O–H groups in total. The second-order valence-corrected chi connectivity index (χ2v) is 7.16. The van der Waals surface area contributed by atoms with Crippen molar-refractivity contribution in [2.24, 2.45) is 0 Å². The molecule has 0 fully saturated rings. The van der Waals surface area contributed by atoms with Crippen LogP contribution in [0.25, 0.3) is 0 Å². The van der Waals surface area contributed by atoms with Crippen LogP contribution in [-0.2, 0) is 0 Å². The first kappa shape index (κ1) is 19.9. The molecule has 0 spiro atoms. The summed E-state index contributed by atoms with van der Waals surface area (Å²) in [7, 11) is 2.25. The molecule has 0 saturated heterocycles. The highest BCUT2D eigenvalue weighted by atomic mass is 35.5. The Bertz CT molecular complexity index is 584. The molecule has 7 heteroatoms. The molecule has 0 bridgehead atoms. The number of pyridine rings is 1. The standard InChI is InChI=1S/C18H29BClN4O/c1-4-6-13(8-5-7-12(2)19-3)23-14-11-15(20)24-17-16(14)18(25)22-10-9-21-17/h11-13H,4-10H2,1-3H3,(H,22,25)(H2,21,23,24). The van der Waals surface area contributed by atoms with E-state index in [1.807, 2.05) is 0 Å². The van der Waals surface area contributed by atoms with Gasteiger partial charge in [0.2, 0.25) is 0 Å². The molecule has 2 atom stereocenters. The number of rotatable bonds is 9. The van der Waals surface area contributed by atoms with Gasteiger partial charge < -0.3 is 16.0 Å². The Kier molecular flexibility index (Phi) is 7.88. The van der Waals surface area contributed by atoms with Crippen molar-refractivity contribution in [1.82, 2.24) is 10.3 Å². The molecule has 1 aliphatic rings. The van der Waals surface area contributed by atoms with Gasteiger partial charge in [0, 0.05) is 19.1 Å². The summed E-state index contributed by atoms with van der Waals surface area (Å²) < 4.78 is 0. The first-order valence-electron chi connectivity index (χ1n) is 9.33. The van der Waals surface area contributed by atoms with E-state index < -0.39 is 0 Å². The van der Waals surface area contributed by atoms with Gasteiger partial charge in [0.05, 0.1) is 5.69 Å². The van der Waals surface area contributed by atoms with E-state index in [1.165, 1.54) is 6.42 Å². The predicted molar refractivity (Wildman–Crippen MR) is 107 cm³/mol. The summed E-state index contributed by atoms with van der Waals surface area (Å²) in [4.78, 5) is 16.7. The van der Waals surface area contributed by atoms with Gasteiger partial charge in [0.25, 0.3) is 5.91 Å². The van der Waals surface area contributed by atoms with Crippen molar-refractivity contribution in [3.8, 4) is 0 Å². The second kappa shape index (κ2) is 9.90. The summed E-state index contributed by atoms with van der Waals surface area (Å²) in [5, 5.41) is 10.0. The van der Waals surface area contributed by atoms with E-state index in [2.05, 4.69) is 48.9 Å². The lowest BCUT2D eigenvalue weighted by Gasteiger charge is -2.22. The molecule has 1 aromatic heterocycles. The molecule has 2 unspecified atom stereocenters. The fourth-order valence-corrected chi connectivity index (χ4v) is 3.33. The van der Waals surface area contributed by atoms with E-state index in [0.717, 1.165) is 31.4 Å². The third kappa shape index (κ3) is 5.80. The number of anilines is 2. The maximum Gasteiger partial charge on any atom is 0.257 e. The minimum Gasteiger partial charge on any atom is -0.381 e. The van der Waals surface area contributed by atoms with Crippen LogP contribution in [0.4, 0.5) is 11.5 Å². The largest absolute Gasteiger partial charge is 0.381 e. The highest BCUT2D eigenvalue weighted by molar-refractivity contribution is 6.35. The van der Waals surface area contributed by atoms with E-state index in [4.69, 9.17) is 11.6 Å². The summed E-state index contributed by atoms with van der Waals surface area (Å²) >= 11 is 6.18. The van der Waals surface area contributed by atoms with Gasteiger partial charge in [-0.1, -0.05) is 57.4 Å². The third-order valence-electron chi connectivity index (χ3n) is 4.70. The van der Waals surface area contributed by atoms with Crippen LogP contribution in [0, 0.1) is 0 Å². The molecular weight excluding hydrogens is 334 g/mol. The van der Waals surface area contributed by atoms with Gasteiger partial charge in [-0.15, -0.1) is 0 Å². The molecule has 2 heterocycles. The summed E-state index contributed by atoms with van der Waals surface area (Å²) in [6, 6.07) is 2.09. The SMILES string of the molecule is C[B]C(C)CCCC(CCC)Nc1cc(Cl)nc2c1C(=O)NCCN2. The number of nitrogens with one attached hydrogen (secondary N) is 3. The number of fused-ring (bicyclic) bond motifs is 1. The van der Waals surface area contributed by atoms with E-state index >= 15 is 0 Å². The topological polar surface area (TPSA) is 66.0 Å². The van der Waals surface area contributed by atoms with Crippen LogP contribution in [-0.4, -0.2) is 37.3 Å². The maximum absolute atomic E-state index is 12.4. The molecule has 1 amide bonds. The minimum atomic E-state index is -0.101. The molecule has 5 nitrogen and oxygen atoms in total. The maximum atomic E-state index is 12.4. The molecule has 137 valence electrons.